The zero-order valence-corrected chi connectivity index (χ0v) is 17.2. The summed E-state index contributed by atoms with van der Waals surface area (Å²) < 4.78 is 0. The normalized spacial score (nSPS) is 27.2. The fourth-order valence-corrected chi connectivity index (χ4v) is 4.61. The number of amides is 1. The summed E-state index contributed by atoms with van der Waals surface area (Å²) in [7, 11) is 0. The molecular weight excluding hydrogens is 338 g/mol. The highest BCUT2D eigenvalue weighted by Crippen LogP contribution is 2.23. The van der Waals surface area contributed by atoms with Crippen molar-refractivity contribution < 1.29 is 9.90 Å². The van der Waals surface area contributed by atoms with Gasteiger partial charge < -0.3 is 20.6 Å². The Bertz CT molecular complexity index is 651. The summed E-state index contributed by atoms with van der Waals surface area (Å²) in [6, 6.07) is 5.38. The number of fused-ring (bicyclic) bond motifs is 1. The minimum atomic E-state index is -0.206. The zero-order chi connectivity index (χ0) is 19.6. The van der Waals surface area contributed by atoms with E-state index in [0.717, 1.165) is 42.6 Å². The molecule has 1 saturated heterocycles. The quantitative estimate of drug-likeness (QED) is 0.742. The summed E-state index contributed by atoms with van der Waals surface area (Å²) in [6.07, 6.45) is 1.97. The van der Waals surface area contributed by atoms with Crippen LogP contribution in [0.4, 0.5) is 0 Å². The van der Waals surface area contributed by atoms with Crippen LogP contribution < -0.4 is 10.6 Å². The van der Waals surface area contributed by atoms with E-state index in [9.17, 15) is 9.90 Å². The minimum absolute atomic E-state index is 0.0885. The topological polar surface area (TPSA) is 64.6 Å². The maximum atomic E-state index is 12.9. The number of nitrogens with zero attached hydrogens (tertiary/aromatic N) is 1. The number of aromatic hydroxyl groups is 1. The Hall–Kier alpha value is -1.59. The lowest BCUT2D eigenvalue weighted by atomic mass is 9.90. The van der Waals surface area contributed by atoms with Crippen LogP contribution in [0, 0.1) is 17.8 Å². The van der Waals surface area contributed by atoms with E-state index in [2.05, 4.69) is 43.2 Å². The number of hydrogen-bond donors (Lipinski definition) is 3. The lowest BCUT2D eigenvalue weighted by Crippen LogP contribution is -2.55. The monoisotopic (exact) mass is 373 g/mol. The molecule has 0 spiro atoms. The van der Waals surface area contributed by atoms with Gasteiger partial charge in [-0.15, -0.1) is 0 Å². The molecule has 5 nitrogen and oxygen atoms in total. The second kappa shape index (κ2) is 8.61. The number of nitrogens with one attached hydrogen (secondary N) is 2. The molecule has 3 rings (SSSR count). The molecule has 0 radical (unpaired) electrons. The van der Waals surface area contributed by atoms with E-state index >= 15 is 0 Å². The maximum absolute atomic E-state index is 12.9. The van der Waals surface area contributed by atoms with Gasteiger partial charge in [0.2, 0.25) is 5.91 Å². The molecule has 3 unspecified atom stereocenters. The van der Waals surface area contributed by atoms with Crippen molar-refractivity contribution in [3.05, 3.63) is 29.3 Å². The van der Waals surface area contributed by atoms with E-state index in [4.69, 9.17) is 0 Å². The third-order valence-electron chi connectivity index (χ3n) is 6.00. The van der Waals surface area contributed by atoms with E-state index in [1.165, 1.54) is 6.42 Å². The van der Waals surface area contributed by atoms with Gasteiger partial charge >= 0.3 is 0 Å². The molecule has 0 aliphatic carbocycles. The highest BCUT2D eigenvalue weighted by Gasteiger charge is 2.29. The van der Waals surface area contributed by atoms with Gasteiger partial charge in [-0.1, -0.05) is 33.8 Å². The standard InChI is InChI=1S/C22H35N3O2/c1-14(2)21(13-25-11-15(3)7-16(4)12-25)24-22(27)20-9-17-5-6-19(26)8-18(17)10-23-20/h5-6,8,14-16,20-21,23,26H,7,9-13H2,1-4H3,(H,24,27)/t15?,16?,20?,21-/m1/s1. The number of carbonyl (C=O) groups is 1. The first-order valence-corrected chi connectivity index (χ1v) is 10.4. The summed E-state index contributed by atoms with van der Waals surface area (Å²) in [6.45, 7) is 12.8. The van der Waals surface area contributed by atoms with Gasteiger partial charge in [0.1, 0.15) is 5.75 Å². The summed E-state index contributed by atoms with van der Waals surface area (Å²) in [5, 5.41) is 16.3. The van der Waals surface area contributed by atoms with E-state index in [-0.39, 0.29) is 23.7 Å². The molecule has 0 bridgehead atoms. The summed E-state index contributed by atoms with van der Waals surface area (Å²) in [4.78, 5) is 15.4. The van der Waals surface area contributed by atoms with Crippen molar-refractivity contribution in [2.45, 2.75) is 59.2 Å². The third-order valence-corrected chi connectivity index (χ3v) is 6.00. The van der Waals surface area contributed by atoms with Gasteiger partial charge in [-0.2, -0.15) is 0 Å². The zero-order valence-electron chi connectivity index (χ0n) is 17.2. The van der Waals surface area contributed by atoms with Gasteiger partial charge in [0.05, 0.1) is 6.04 Å². The highest BCUT2D eigenvalue weighted by molar-refractivity contribution is 5.82. The van der Waals surface area contributed by atoms with Crippen molar-refractivity contribution in [2.75, 3.05) is 19.6 Å². The van der Waals surface area contributed by atoms with Crippen molar-refractivity contribution >= 4 is 5.91 Å². The van der Waals surface area contributed by atoms with Crippen LogP contribution in [0.25, 0.3) is 0 Å². The Morgan fingerprint density at radius 1 is 1.26 bits per heavy atom. The number of hydrogen-bond acceptors (Lipinski definition) is 4. The molecule has 1 aromatic carbocycles. The fourth-order valence-electron chi connectivity index (χ4n) is 4.61. The van der Waals surface area contributed by atoms with Crippen molar-refractivity contribution in [3.63, 3.8) is 0 Å². The molecule has 1 fully saturated rings. The van der Waals surface area contributed by atoms with Gasteiger partial charge in [-0.25, -0.2) is 0 Å². The molecule has 4 atom stereocenters. The third kappa shape index (κ3) is 5.23. The Labute approximate surface area is 163 Å². The molecule has 27 heavy (non-hydrogen) atoms. The summed E-state index contributed by atoms with van der Waals surface area (Å²) in [5.74, 6) is 2.22. The average Bonchev–Trinajstić information content (AvgIpc) is 2.59. The Kier molecular flexibility index (Phi) is 6.43. The molecule has 150 valence electrons. The van der Waals surface area contributed by atoms with Crippen LogP contribution in [-0.2, 0) is 17.8 Å². The molecule has 0 aromatic heterocycles. The van der Waals surface area contributed by atoms with E-state index in [1.807, 2.05) is 6.07 Å². The van der Waals surface area contributed by atoms with Gasteiger partial charge in [0.25, 0.3) is 0 Å². The summed E-state index contributed by atoms with van der Waals surface area (Å²) in [5.41, 5.74) is 2.22. The molecule has 0 saturated carbocycles. The molecule has 2 aliphatic rings. The second-order valence-corrected chi connectivity index (χ2v) is 9.11. The first-order chi connectivity index (χ1) is 12.8. The Balaban J connectivity index is 1.59. The Morgan fingerprint density at radius 3 is 2.63 bits per heavy atom. The Morgan fingerprint density at radius 2 is 1.96 bits per heavy atom. The number of phenolic OH excluding ortho intramolecular Hbond substituents is 1. The minimum Gasteiger partial charge on any atom is -0.508 e. The van der Waals surface area contributed by atoms with Gasteiger partial charge in [0, 0.05) is 32.2 Å². The van der Waals surface area contributed by atoms with Crippen molar-refractivity contribution in [1.82, 2.24) is 15.5 Å². The molecule has 3 N–H and O–H groups in total. The lowest BCUT2D eigenvalue weighted by molar-refractivity contribution is -0.124. The predicted octanol–water partition coefficient (Wildman–Crippen LogP) is 2.53. The molecular formula is C22H35N3O2. The van der Waals surface area contributed by atoms with Crippen molar-refractivity contribution in [2.24, 2.45) is 17.8 Å². The molecule has 1 amide bonds. The average molecular weight is 374 g/mol. The van der Waals surface area contributed by atoms with E-state index < -0.39 is 0 Å². The van der Waals surface area contributed by atoms with E-state index in [0.29, 0.717) is 18.9 Å². The molecule has 5 heteroatoms. The molecule has 2 heterocycles. The van der Waals surface area contributed by atoms with Gasteiger partial charge in [-0.05, 0) is 53.9 Å². The fraction of sp³-hybridized carbons (Fsp3) is 0.682. The first kappa shape index (κ1) is 20.2. The number of piperidine rings is 1. The number of rotatable bonds is 5. The first-order valence-electron chi connectivity index (χ1n) is 10.4. The van der Waals surface area contributed by atoms with Crippen molar-refractivity contribution in [1.29, 1.82) is 0 Å². The lowest BCUT2D eigenvalue weighted by Gasteiger charge is -2.38. The van der Waals surface area contributed by atoms with Gasteiger partial charge in [0.15, 0.2) is 0 Å². The summed E-state index contributed by atoms with van der Waals surface area (Å²) >= 11 is 0. The molecule has 2 aliphatic heterocycles. The number of carbonyl (C=O) groups excluding carboxylic acids is 1. The SMILES string of the molecule is CC1CC(C)CN(C[C@@H](NC(=O)C2Cc3ccc(O)cc3CN2)C(C)C)C1. The number of likely N-dealkylation sites (tertiary alicyclic amines) is 1. The second-order valence-electron chi connectivity index (χ2n) is 9.11. The smallest absolute Gasteiger partial charge is 0.237 e. The number of benzene rings is 1. The predicted molar refractivity (Wildman–Crippen MR) is 109 cm³/mol. The van der Waals surface area contributed by atoms with Crippen LogP contribution >= 0.6 is 0 Å². The van der Waals surface area contributed by atoms with Crippen LogP contribution in [0.2, 0.25) is 0 Å². The molecule has 1 aromatic rings. The van der Waals surface area contributed by atoms with Crippen molar-refractivity contribution in [3.8, 4) is 5.75 Å². The van der Waals surface area contributed by atoms with Gasteiger partial charge in [-0.3, -0.25) is 4.79 Å². The van der Waals surface area contributed by atoms with Crippen LogP contribution in [0.5, 0.6) is 5.75 Å². The van der Waals surface area contributed by atoms with Crippen LogP contribution in [0.1, 0.15) is 45.2 Å². The highest BCUT2D eigenvalue weighted by atomic mass is 16.3. The van der Waals surface area contributed by atoms with Crippen LogP contribution in [0.3, 0.4) is 0 Å². The largest absolute Gasteiger partial charge is 0.508 e. The number of phenols is 1. The maximum Gasteiger partial charge on any atom is 0.237 e. The van der Waals surface area contributed by atoms with E-state index in [1.54, 1.807) is 12.1 Å². The van der Waals surface area contributed by atoms with Crippen LogP contribution in [0.15, 0.2) is 18.2 Å². The van der Waals surface area contributed by atoms with Crippen LogP contribution in [-0.4, -0.2) is 47.6 Å².